The number of amides is 3. The highest BCUT2D eigenvalue weighted by Crippen LogP contribution is 2.39. The number of fused-ring (bicyclic) bond motifs is 1. The molecule has 9 nitrogen and oxygen atoms in total. The minimum absolute atomic E-state index is 0.116. The quantitative estimate of drug-likeness (QED) is 0.353. The number of aromatic carboxylic acids is 1. The lowest BCUT2D eigenvalue weighted by molar-refractivity contribution is -0.136. The molecule has 0 aromatic heterocycles. The van der Waals surface area contributed by atoms with E-state index in [0.717, 1.165) is 34.2 Å². The molecule has 1 fully saturated rings. The molecule has 2 aliphatic heterocycles. The standard InChI is InChI=1S/C30H25ClN2O7S/c1-39-24-13-19(12-23(31)27(24)40-17-18-6-8-21(9-7-18)29(36)37)14-25-28(35)33(30(38)41-25)16-26(34)32-11-10-20-4-2-3-5-22(20)15-32/h2-9,12-14H,10-11,15-17H2,1H3,(H,36,37)/b25-14-. The van der Waals surface area contributed by atoms with Crippen LogP contribution in [0.5, 0.6) is 11.5 Å². The molecule has 41 heavy (non-hydrogen) atoms. The molecule has 0 bridgehead atoms. The van der Waals surface area contributed by atoms with Gasteiger partial charge in [0.15, 0.2) is 11.5 Å². The van der Waals surface area contributed by atoms with Gasteiger partial charge in [0.05, 0.1) is 22.6 Å². The van der Waals surface area contributed by atoms with Gasteiger partial charge in [-0.25, -0.2) is 4.79 Å². The van der Waals surface area contributed by atoms with Crippen molar-refractivity contribution in [1.29, 1.82) is 0 Å². The van der Waals surface area contributed by atoms with Gasteiger partial charge in [-0.15, -0.1) is 0 Å². The van der Waals surface area contributed by atoms with Crippen LogP contribution < -0.4 is 9.47 Å². The SMILES string of the molecule is COc1cc(/C=C2\SC(=O)N(CC(=O)N3CCc4ccccc4C3)C2=O)cc(Cl)c1OCc1ccc(C(=O)O)cc1. The van der Waals surface area contributed by atoms with Gasteiger partial charge in [-0.2, -0.15) is 0 Å². The molecule has 0 atom stereocenters. The molecule has 0 radical (unpaired) electrons. The van der Waals surface area contributed by atoms with E-state index < -0.39 is 17.1 Å². The van der Waals surface area contributed by atoms with E-state index in [9.17, 15) is 19.2 Å². The summed E-state index contributed by atoms with van der Waals surface area (Å²) in [4.78, 5) is 52.6. The van der Waals surface area contributed by atoms with Gasteiger partial charge in [0.2, 0.25) is 5.91 Å². The molecule has 0 unspecified atom stereocenters. The van der Waals surface area contributed by atoms with E-state index in [1.807, 2.05) is 24.3 Å². The van der Waals surface area contributed by atoms with Gasteiger partial charge in [0, 0.05) is 13.1 Å². The first-order valence-corrected chi connectivity index (χ1v) is 13.9. The molecule has 5 rings (SSSR count). The zero-order chi connectivity index (χ0) is 29.1. The second-order valence-corrected chi connectivity index (χ2v) is 10.8. The van der Waals surface area contributed by atoms with Crippen molar-refractivity contribution < 1.29 is 33.8 Å². The number of carboxylic acid groups (broad SMARTS) is 1. The van der Waals surface area contributed by atoms with Crippen LogP contribution in [0.4, 0.5) is 4.79 Å². The second-order valence-electron chi connectivity index (χ2n) is 9.43. The summed E-state index contributed by atoms with van der Waals surface area (Å²) in [5.74, 6) is -1.27. The Balaban J connectivity index is 1.26. The van der Waals surface area contributed by atoms with Gasteiger partial charge in [-0.05, 0) is 70.8 Å². The molecule has 1 N–H and O–H groups in total. The number of carbonyl (C=O) groups is 4. The first-order valence-electron chi connectivity index (χ1n) is 12.7. The highest BCUT2D eigenvalue weighted by molar-refractivity contribution is 8.18. The van der Waals surface area contributed by atoms with Crippen LogP contribution in [0, 0.1) is 0 Å². The first kappa shape index (κ1) is 28.3. The zero-order valence-corrected chi connectivity index (χ0v) is 23.5. The second kappa shape index (κ2) is 12.1. The van der Waals surface area contributed by atoms with Crippen molar-refractivity contribution in [2.24, 2.45) is 0 Å². The summed E-state index contributed by atoms with van der Waals surface area (Å²) in [6.07, 6.45) is 2.25. The van der Waals surface area contributed by atoms with Gasteiger partial charge in [0.25, 0.3) is 11.1 Å². The van der Waals surface area contributed by atoms with Crippen LogP contribution in [-0.2, 0) is 29.2 Å². The van der Waals surface area contributed by atoms with Crippen molar-refractivity contribution in [3.63, 3.8) is 0 Å². The number of carbonyl (C=O) groups excluding carboxylic acids is 3. The summed E-state index contributed by atoms with van der Waals surface area (Å²) in [6, 6.07) is 17.4. The lowest BCUT2D eigenvalue weighted by atomic mass is 10.00. The van der Waals surface area contributed by atoms with Crippen molar-refractivity contribution in [2.75, 3.05) is 20.2 Å². The molecule has 0 saturated carbocycles. The predicted molar refractivity (Wildman–Crippen MR) is 154 cm³/mol. The largest absolute Gasteiger partial charge is 0.493 e. The van der Waals surface area contributed by atoms with Gasteiger partial charge in [0.1, 0.15) is 13.2 Å². The minimum atomic E-state index is -1.02. The molecule has 11 heteroatoms. The average Bonchev–Trinajstić information content (AvgIpc) is 3.23. The first-order chi connectivity index (χ1) is 19.7. The zero-order valence-electron chi connectivity index (χ0n) is 22.0. The van der Waals surface area contributed by atoms with E-state index in [0.29, 0.717) is 24.4 Å². The molecular weight excluding hydrogens is 568 g/mol. The van der Waals surface area contributed by atoms with Crippen LogP contribution in [0.15, 0.2) is 65.6 Å². The normalized spacial score (nSPS) is 15.7. The Morgan fingerprint density at radius 2 is 1.80 bits per heavy atom. The average molecular weight is 593 g/mol. The van der Waals surface area contributed by atoms with Crippen LogP contribution in [0.3, 0.4) is 0 Å². The molecule has 2 aliphatic rings. The third-order valence-corrected chi connectivity index (χ3v) is 7.97. The van der Waals surface area contributed by atoms with Gasteiger partial charge < -0.3 is 19.5 Å². The van der Waals surface area contributed by atoms with E-state index in [4.69, 9.17) is 26.2 Å². The Kier molecular flexibility index (Phi) is 8.32. The molecule has 0 aliphatic carbocycles. The van der Waals surface area contributed by atoms with Crippen molar-refractivity contribution in [2.45, 2.75) is 19.6 Å². The number of methoxy groups -OCH3 is 1. The summed E-state index contributed by atoms with van der Waals surface area (Å²) < 4.78 is 11.3. The number of carboxylic acids is 1. The maximum atomic E-state index is 13.1. The Bertz CT molecular complexity index is 1570. The number of nitrogens with zero attached hydrogens (tertiary/aromatic N) is 2. The Morgan fingerprint density at radius 1 is 1.07 bits per heavy atom. The monoisotopic (exact) mass is 592 g/mol. The minimum Gasteiger partial charge on any atom is -0.493 e. The maximum Gasteiger partial charge on any atom is 0.335 e. The Labute approximate surface area is 245 Å². The Morgan fingerprint density at radius 3 is 2.51 bits per heavy atom. The summed E-state index contributed by atoms with van der Waals surface area (Å²) in [6.45, 7) is 0.767. The number of benzene rings is 3. The van der Waals surface area contributed by atoms with Crippen LogP contribution in [-0.4, -0.2) is 58.1 Å². The molecular formula is C30H25ClN2O7S. The molecule has 1 saturated heterocycles. The van der Waals surface area contributed by atoms with Crippen LogP contribution >= 0.6 is 23.4 Å². The number of imide groups is 1. The fraction of sp³-hybridized carbons (Fsp3) is 0.200. The van der Waals surface area contributed by atoms with E-state index >= 15 is 0 Å². The highest BCUT2D eigenvalue weighted by Gasteiger charge is 2.37. The predicted octanol–water partition coefficient (Wildman–Crippen LogP) is 5.25. The van der Waals surface area contributed by atoms with E-state index in [1.165, 1.54) is 30.9 Å². The highest BCUT2D eigenvalue weighted by atomic mass is 35.5. The van der Waals surface area contributed by atoms with E-state index in [1.54, 1.807) is 29.2 Å². The molecule has 3 amide bonds. The topological polar surface area (TPSA) is 113 Å². The fourth-order valence-corrected chi connectivity index (χ4v) is 5.71. The van der Waals surface area contributed by atoms with Crippen LogP contribution in [0.2, 0.25) is 5.02 Å². The molecule has 3 aromatic carbocycles. The smallest absolute Gasteiger partial charge is 0.335 e. The van der Waals surface area contributed by atoms with Gasteiger partial charge >= 0.3 is 5.97 Å². The van der Waals surface area contributed by atoms with Crippen molar-refractivity contribution in [3.8, 4) is 11.5 Å². The van der Waals surface area contributed by atoms with Gasteiger partial charge in [-0.3, -0.25) is 19.3 Å². The number of hydrogen-bond acceptors (Lipinski definition) is 7. The van der Waals surface area contributed by atoms with Crippen LogP contribution in [0.1, 0.15) is 32.6 Å². The number of rotatable bonds is 8. The molecule has 3 aromatic rings. The fourth-order valence-electron chi connectivity index (χ4n) is 4.59. The third-order valence-electron chi connectivity index (χ3n) is 6.78. The number of hydrogen-bond donors (Lipinski definition) is 1. The summed E-state index contributed by atoms with van der Waals surface area (Å²) in [7, 11) is 1.45. The van der Waals surface area contributed by atoms with E-state index in [2.05, 4.69) is 0 Å². The third kappa shape index (κ3) is 6.23. The van der Waals surface area contributed by atoms with Crippen molar-refractivity contribution in [1.82, 2.24) is 9.80 Å². The van der Waals surface area contributed by atoms with Gasteiger partial charge in [-0.1, -0.05) is 48.0 Å². The lowest BCUT2D eigenvalue weighted by Gasteiger charge is -2.29. The number of halogens is 1. The molecule has 0 spiro atoms. The summed E-state index contributed by atoms with van der Waals surface area (Å²) >= 11 is 7.24. The number of thioether (sulfide) groups is 1. The van der Waals surface area contributed by atoms with Crippen molar-refractivity contribution >= 4 is 52.5 Å². The molecule has 210 valence electrons. The lowest BCUT2D eigenvalue weighted by Crippen LogP contribution is -2.44. The number of ether oxygens (including phenoxy) is 2. The summed E-state index contributed by atoms with van der Waals surface area (Å²) in [5, 5.41) is 8.76. The molecule has 2 heterocycles. The Hall–Kier alpha value is -4.28. The van der Waals surface area contributed by atoms with Crippen molar-refractivity contribution in [3.05, 3.63) is 98.4 Å². The summed E-state index contributed by atoms with van der Waals surface area (Å²) in [5.41, 5.74) is 3.67. The van der Waals surface area contributed by atoms with E-state index in [-0.39, 0.29) is 40.3 Å². The maximum absolute atomic E-state index is 13.1. The van der Waals surface area contributed by atoms with Crippen LogP contribution in [0.25, 0.3) is 6.08 Å².